The van der Waals surface area contributed by atoms with E-state index in [0.717, 1.165) is 0 Å². The summed E-state index contributed by atoms with van der Waals surface area (Å²) in [4.78, 5) is 19.6. The number of aliphatic carboxylic acids is 2. The van der Waals surface area contributed by atoms with Crippen LogP contribution in [-0.2, 0) is 9.59 Å². The Morgan fingerprint density at radius 3 is 2.00 bits per heavy atom. The minimum absolute atomic E-state index is 0. The molecule has 10 heavy (non-hydrogen) atoms. The molecule has 0 aliphatic rings. The monoisotopic (exact) mass is 272 g/mol. The van der Waals surface area contributed by atoms with Gasteiger partial charge in [-0.15, -0.1) is 0 Å². The molecule has 0 fully saturated rings. The molecule has 0 aromatic heterocycles. The van der Waals surface area contributed by atoms with E-state index in [-0.39, 0.29) is 50.3 Å². The van der Waals surface area contributed by atoms with Crippen molar-refractivity contribution < 1.29 is 21.2 Å². The maximum Gasteiger partial charge on any atom is 2.00 e. The summed E-state index contributed by atoms with van der Waals surface area (Å²) in [5, 5.41) is 16.0. The molecule has 0 aliphatic heterocycles. The molecule has 0 bridgehead atoms. The summed E-state index contributed by atoms with van der Waals surface area (Å²) in [6.07, 6.45) is -0.532. The van der Waals surface area contributed by atoms with Crippen LogP contribution in [0.5, 0.6) is 0 Å². The van der Waals surface area contributed by atoms with Crippen molar-refractivity contribution in [2.24, 2.45) is 5.73 Å². The second-order valence-electron chi connectivity index (χ2n) is 1.54. The molecule has 0 aromatic carbocycles. The fourth-order valence-electron chi connectivity index (χ4n) is 0.275. The zero-order valence-corrected chi connectivity index (χ0v) is 9.72. The molecule has 0 amide bonds. The minimum atomic E-state index is -1.29. The van der Waals surface area contributed by atoms with E-state index in [1.54, 1.807) is 0 Å². The number of carboxylic acids is 2. The van der Waals surface area contributed by atoms with Gasteiger partial charge in [-0.3, -0.25) is 9.59 Å². The zero-order valence-electron chi connectivity index (χ0n) is 6.28. The van der Waals surface area contributed by atoms with Crippen LogP contribution < -0.4 is 5.73 Å². The molecule has 1 unspecified atom stereocenters. The topological polar surface area (TPSA) is 101 Å². The van der Waals surface area contributed by atoms with Gasteiger partial charge in [-0.25, -0.2) is 0 Å². The molecule has 1 atom stereocenters. The summed E-state index contributed by atoms with van der Waals surface area (Å²) in [6.45, 7) is 0. The standard InChI is InChI=1S/C4H7NO4.Ba/c5-2(4(8)9)1-3(6)7;/h2H,1,5H2,(H,6,7)(H,8,9);/q;+2/p+1. The van der Waals surface area contributed by atoms with Crippen molar-refractivity contribution in [2.45, 2.75) is 12.5 Å². The maximum atomic E-state index is 9.85. The Balaban J connectivity index is -0.000000320. The van der Waals surface area contributed by atoms with Crippen molar-refractivity contribution in [3.8, 4) is 0 Å². The first-order chi connectivity index (χ1) is 4.04. The van der Waals surface area contributed by atoms with Gasteiger partial charge in [0.1, 0.15) is 6.04 Å². The van der Waals surface area contributed by atoms with Gasteiger partial charge >= 0.3 is 62.2 Å². The second kappa shape index (κ2) is 6.20. The van der Waals surface area contributed by atoms with Crippen molar-refractivity contribution in [1.82, 2.24) is 0 Å². The molecule has 0 aromatic rings. The predicted octanol–water partition coefficient (Wildman–Crippen LogP) is -1.40. The van der Waals surface area contributed by atoms with Gasteiger partial charge < -0.3 is 15.9 Å². The molecule has 0 spiro atoms. The van der Waals surface area contributed by atoms with Gasteiger partial charge in [-0.2, -0.15) is 0 Å². The van der Waals surface area contributed by atoms with E-state index in [2.05, 4.69) is 0 Å². The van der Waals surface area contributed by atoms with Crippen LogP contribution in [0.1, 0.15) is 7.85 Å². The van der Waals surface area contributed by atoms with Crippen LogP contribution in [-0.4, -0.2) is 77.1 Å². The Hall–Kier alpha value is 0.471. The Morgan fingerprint density at radius 2 is 1.90 bits per heavy atom. The summed E-state index contributed by atoms with van der Waals surface area (Å²) < 4.78 is 0. The smallest absolute Gasteiger partial charge is 0.481 e. The van der Waals surface area contributed by atoms with Gasteiger partial charge in [-0.1, -0.05) is 0 Å². The van der Waals surface area contributed by atoms with Crippen LogP contribution in [0.3, 0.4) is 0 Å². The number of hydrogen-bond donors (Lipinski definition) is 3. The predicted molar refractivity (Wildman–Crippen MR) is 34.7 cm³/mol. The zero-order chi connectivity index (χ0) is 7.44. The third-order valence-corrected chi connectivity index (χ3v) is 0.712. The van der Waals surface area contributed by atoms with Gasteiger partial charge in [0.15, 0.2) is 0 Å². The third-order valence-electron chi connectivity index (χ3n) is 0.712. The normalized spacial score (nSPS) is 11.3. The molecule has 0 radical (unpaired) electrons. The summed E-state index contributed by atoms with van der Waals surface area (Å²) in [5.41, 5.74) is 4.84. The van der Waals surface area contributed by atoms with Crippen molar-refractivity contribution in [3.63, 3.8) is 0 Å². The molecule has 0 saturated heterocycles. The minimum Gasteiger partial charge on any atom is -0.481 e. The number of nitrogens with two attached hydrogens (primary N) is 1. The van der Waals surface area contributed by atoms with Crippen LogP contribution in [0.15, 0.2) is 0 Å². The fraction of sp³-hybridized carbons (Fsp3) is 0.500. The third kappa shape index (κ3) is 6.59. The largest absolute Gasteiger partial charge is 2.00 e. The summed E-state index contributed by atoms with van der Waals surface area (Å²) in [7, 11) is 0. The van der Waals surface area contributed by atoms with Crippen LogP contribution in [0.25, 0.3) is 0 Å². The Kier molecular flexibility index (Phi) is 8.11. The SMILES string of the molecule is NC(CC(=O)O)C(=O)O.[Ba+2].[H+]. The quantitative estimate of drug-likeness (QED) is 0.548. The number of hydrogen-bond acceptors (Lipinski definition) is 3. The van der Waals surface area contributed by atoms with Crippen LogP contribution in [0.2, 0.25) is 0 Å². The van der Waals surface area contributed by atoms with Gasteiger partial charge in [0.05, 0.1) is 6.42 Å². The second-order valence-corrected chi connectivity index (χ2v) is 1.54. The van der Waals surface area contributed by atoms with E-state index >= 15 is 0 Å². The summed E-state index contributed by atoms with van der Waals surface area (Å²) in [6, 6.07) is -1.29. The molecule has 5 nitrogen and oxygen atoms in total. The van der Waals surface area contributed by atoms with Gasteiger partial charge in [-0.05, 0) is 0 Å². The fourth-order valence-corrected chi connectivity index (χ4v) is 0.275. The summed E-state index contributed by atoms with van der Waals surface area (Å²) >= 11 is 0. The molecule has 0 aliphatic carbocycles. The number of carbonyl (C=O) groups is 2. The number of carboxylic acid groups (broad SMARTS) is 2. The van der Waals surface area contributed by atoms with Crippen LogP contribution >= 0.6 is 0 Å². The van der Waals surface area contributed by atoms with E-state index in [0.29, 0.717) is 0 Å². The average Bonchev–Trinajstić information content (AvgIpc) is 1.63. The molecular formula is C4H8BaNO4+3. The average molecular weight is 271 g/mol. The van der Waals surface area contributed by atoms with E-state index < -0.39 is 24.4 Å². The van der Waals surface area contributed by atoms with E-state index in [9.17, 15) is 9.59 Å². The summed E-state index contributed by atoms with van der Waals surface area (Å²) in [5.74, 6) is -2.50. The van der Waals surface area contributed by atoms with Crippen molar-refractivity contribution in [3.05, 3.63) is 0 Å². The van der Waals surface area contributed by atoms with Gasteiger partial charge in [0, 0.05) is 0 Å². The Labute approximate surface area is 99.1 Å². The molecular weight excluding hydrogens is 263 g/mol. The van der Waals surface area contributed by atoms with E-state index in [4.69, 9.17) is 15.9 Å². The Morgan fingerprint density at radius 1 is 1.50 bits per heavy atom. The van der Waals surface area contributed by atoms with E-state index in [1.165, 1.54) is 0 Å². The first-order valence-corrected chi connectivity index (χ1v) is 2.24. The van der Waals surface area contributed by atoms with Gasteiger partial charge in [0.25, 0.3) is 0 Å². The van der Waals surface area contributed by atoms with Crippen molar-refractivity contribution in [1.29, 1.82) is 0 Å². The molecule has 6 heteroatoms. The number of rotatable bonds is 3. The van der Waals surface area contributed by atoms with Crippen molar-refractivity contribution in [2.75, 3.05) is 0 Å². The van der Waals surface area contributed by atoms with Gasteiger partial charge in [0.2, 0.25) is 0 Å². The Bertz CT molecular complexity index is 142. The molecule has 52 valence electrons. The molecule has 0 heterocycles. The molecule has 4 N–H and O–H groups in total. The van der Waals surface area contributed by atoms with E-state index in [1.807, 2.05) is 0 Å². The first-order valence-electron chi connectivity index (χ1n) is 2.24. The van der Waals surface area contributed by atoms with Crippen LogP contribution in [0, 0.1) is 0 Å². The maximum absolute atomic E-state index is 9.85. The first kappa shape index (κ1) is 13.1. The van der Waals surface area contributed by atoms with Crippen LogP contribution in [0.4, 0.5) is 0 Å². The molecule has 0 rings (SSSR count). The molecule has 0 saturated carbocycles. The van der Waals surface area contributed by atoms with Crippen molar-refractivity contribution >= 4 is 60.8 Å².